The van der Waals surface area contributed by atoms with Gasteiger partial charge in [0.2, 0.25) is 6.79 Å². The van der Waals surface area contributed by atoms with E-state index < -0.39 is 0 Å². The van der Waals surface area contributed by atoms with Crippen molar-refractivity contribution in [1.29, 1.82) is 5.26 Å². The number of halogens is 1. The van der Waals surface area contributed by atoms with Crippen LogP contribution in [0.15, 0.2) is 30.3 Å². The van der Waals surface area contributed by atoms with Gasteiger partial charge in [0.05, 0.1) is 16.9 Å². The lowest BCUT2D eigenvalue weighted by molar-refractivity contribution is 0.174. The van der Waals surface area contributed by atoms with Gasteiger partial charge in [-0.05, 0) is 29.8 Å². The van der Waals surface area contributed by atoms with Crippen molar-refractivity contribution in [1.82, 2.24) is 10.2 Å². The molecular formula is C17H11ClN4O2. The number of nitriles is 1. The van der Waals surface area contributed by atoms with Gasteiger partial charge in [0.15, 0.2) is 16.7 Å². The molecule has 2 N–H and O–H groups in total. The molecule has 1 aromatic heterocycles. The second-order valence-corrected chi connectivity index (χ2v) is 5.72. The van der Waals surface area contributed by atoms with Crippen LogP contribution in [-0.4, -0.2) is 17.0 Å². The highest BCUT2D eigenvalue weighted by molar-refractivity contribution is 6.34. The van der Waals surface area contributed by atoms with Gasteiger partial charge >= 0.3 is 0 Å². The minimum atomic E-state index is 0.223. The maximum absolute atomic E-state index is 9.20. The first-order chi connectivity index (χ1) is 11.7. The van der Waals surface area contributed by atoms with Crippen LogP contribution in [0, 0.1) is 11.3 Å². The fourth-order valence-corrected chi connectivity index (χ4v) is 2.97. The summed E-state index contributed by atoms with van der Waals surface area (Å²) < 4.78 is 10.7. The maximum Gasteiger partial charge on any atom is 0.231 e. The van der Waals surface area contributed by atoms with Crippen molar-refractivity contribution < 1.29 is 9.47 Å². The monoisotopic (exact) mass is 338 g/mol. The van der Waals surface area contributed by atoms with Gasteiger partial charge < -0.3 is 15.2 Å². The van der Waals surface area contributed by atoms with E-state index in [1.807, 2.05) is 18.2 Å². The van der Waals surface area contributed by atoms with Crippen molar-refractivity contribution in [3.8, 4) is 17.6 Å². The lowest BCUT2D eigenvalue weighted by Gasteiger charge is -2.10. The van der Waals surface area contributed by atoms with E-state index in [0.29, 0.717) is 39.9 Å². The van der Waals surface area contributed by atoms with Crippen molar-refractivity contribution >= 4 is 28.1 Å². The highest BCUT2D eigenvalue weighted by Crippen LogP contribution is 2.35. The molecule has 2 aromatic carbocycles. The van der Waals surface area contributed by atoms with Crippen LogP contribution in [0.3, 0.4) is 0 Å². The van der Waals surface area contributed by atoms with Crippen LogP contribution >= 0.6 is 11.6 Å². The molecule has 118 valence electrons. The van der Waals surface area contributed by atoms with Gasteiger partial charge in [0.1, 0.15) is 6.07 Å². The van der Waals surface area contributed by atoms with E-state index in [4.69, 9.17) is 26.8 Å². The second-order valence-electron chi connectivity index (χ2n) is 5.36. The molecule has 0 aliphatic carbocycles. The highest BCUT2D eigenvalue weighted by atomic mass is 35.5. The van der Waals surface area contributed by atoms with E-state index >= 15 is 0 Å². The number of rotatable bonds is 2. The second kappa shape index (κ2) is 5.55. The number of hydrogen-bond acceptors (Lipinski definition) is 6. The van der Waals surface area contributed by atoms with Gasteiger partial charge in [-0.2, -0.15) is 10.4 Å². The van der Waals surface area contributed by atoms with E-state index in [0.717, 1.165) is 11.3 Å². The Morgan fingerprint density at radius 1 is 1.17 bits per heavy atom. The van der Waals surface area contributed by atoms with Gasteiger partial charge in [0.25, 0.3) is 0 Å². The minimum absolute atomic E-state index is 0.223. The molecule has 0 saturated heterocycles. The summed E-state index contributed by atoms with van der Waals surface area (Å²) in [6, 6.07) is 11.1. The van der Waals surface area contributed by atoms with E-state index in [-0.39, 0.29) is 11.9 Å². The zero-order valence-electron chi connectivity index (χ0n) is 12.4. The lowest BCUT2D eigenvalue weighted by Crippen LogP contribution is -2.02. The number of nitrogens with two attached hydrogens (primary N) is 1. The van der Waals surface area contributed by atoms with Crippen LogP contribution in [0.1, 0.15) is 16.8 Å². The van der Waals surface area contributed by atoms with Crippen molar-refractivity contribution in [2.24, 2.45) is 0 Å². The predicted octanol–water partition coefficient (Wildman–Crippen LogP) is 3.06. The largest absolute Gasteiger partial charge is 0.454 e. The summed E-state index contributed by atoms with van der Waals surface area (Å²) in [7, 11) is 0. The Morgan fingerprint density at radius 2 is 2.00 bits per heavy atom. The van der Waals surface area contributed by atoms with Gasteiger partial charge in [-0.3, -0.25) is 0 Å². The van der Waals surface area contributed by atoms with E-state index in [9.17, 15) is 5.26 Å². The summed E-state index contributed by atoms with van der Waals surface area (Å²) in [5.74, 6) is 1.42. The third kappa shape index (κ3) is 2.27. The van der Waals surface area contributed by atoms with Crippen molar-refractivity contribution in [3.63, 3.8) is 0 Å². The molecule has 0 bridgehead atoms. The predicted molar refractivity (Wildman–Crippen MR) is 89.0 cm³/mol. The third-order valence-electron chi connectivity index (χ3n) is 3.94. The van der Waals surface area contributed by atoms with Crippen LogP contribution < -0.4 is 15.2 Å². The van der Waals surface area contributed by atoms with Crippen LogP contribution in [0.4, 0.5) is 5.69 Å². The molecular weight excluding hydrogens is 328 g/mol. The maximum atomic E-state index is 9.20. The third-order valence-corrected chi connectivity index (χ3v) is 4.22. The number of benzene rings is 2. The minimum Gasteiger partial charge on any atom is -0.454 e. The quantitative estimate of drug-likeness (QED) is 0.722. The van der Waals surface area contributed by atoms with Crippen LogP contribution in [0.25, 0.3) is 10.8 Å². The molecule has 0 spiro atoms. The number of anilines is 1. The van der Waals surface area contributed by atoms with Crippen LogP contribution in [-0.2, 0) is 6.42 Å². The average molecular weight is 339 g/mol. The Kier molecular flexibility index (Phi) is 3.36. The molecule has 2 heterocycles. The Morgan fingerprint density at radius 3 is 2.83 bits per heavy atom. The average Bonchev–Trinajstić information content (AvgIpc) is 3.05. The molecule has 1 aliphatic heterocycles. The topological polar surface area (TPSA) is 94.0 Å². The van der Waals surface area contributed by atoms with E-state index in [2.05, 4.69) is 16.3 Å². The SMILES string of the molecule is N#Cc1ccc2c(Cl)nnc(Cc3ccc4c(c3)OCO4)c2c1N. The van der Waals surface area contributed by atoms with Gasteiger partial charge in [-0.15, -0.1) is 5.10 Å². The zero-order valence-corrected chi connectivity index (χ0v) is 13.2. The number of nitrogen functional groups attached to an aromatic ring is 1. The summed E-state index contributed by atoms with van der Waals surface area (Å²) in [5, 5.41) is 19.0. The van der Waals surface area contributed by atoms with Gasteiger partial charge in [0, 0.05) is 17.2 Å². The summed E-state index contributed by atoms with van der Waals surface area (Å²) in [4.78, 5) is 0. The fraction of sp³-hybridized carbons (Fsp3) is 0.118. The molecule has 24 heavy (non-hydrogen) atoms. The van der Waals surface area contributed by atoms with Crippen molar-refractivity contribution in [2.45, 2.75) is 6.42 Å². The standard InChI is InChI=1S/C17H11ClN4O2/c18-17-11-3-2-10(7-19)16(20)15(11)12(21-22-17)5-9-1-4-13-14(6-9)24-8-23-13/h1-4,6H,5,8,20H2. The highest BCUT2D eigenvalue weighted by Gasteiger charge is 2.17. The molecule has 0 radical (unpaired) electrons. The number of nitrogens with zero attached hydrogens (tertiary/aromatic N) is 3. The van der Waals surface area contributed by atoms with Gasteiger partial charge in [-0.1, -0.05) is 17.7 Å². The molecule has 3 aromatic rings. The fourth-order valence-electron chi connectivity index (χ4n) is 2.78. The molecule has 0 amide bonds. The van der Waals surface area contributed by atoms with E-state index in [1.54, 1.807) is 12.1 Å². The van der Waals surface area contributed by atoms with Crippen molar-refractivity contribution in [2.75, 3.05) is 12.5 Å². The first-order valence-electron chi connectivity index (χ1n) is 7.19. The summed E-state index contributed by atoms with van der Waals surface area (Å²) in [6.07, 6.45) is 0.483. The van der Waals surface area contributed by atoms with Crippen molar-refractivity contribution in [3.05, 3.63) is 52.3 Å². The Balaban J connectivity index is 1.85. The number of aromatic nitrogens is 2. The summed E-state index contributed by atoms with van der Waals surface area (Å²) >= 11 is 6.13. The lowest BCUT2D eigenvalue weighted by atomic mass is 10.0. The smallest absolute Gasteiger partial charge is 0.231 e. The number of fused-ring (bicyclic) bond motifs is 2. The molecule has 0 unspecified atom stereocenters. The van der Waals surface area contributed by atoms with Crippen LogP contribution in [0.5, 0.6) is 11.5 Å². The first-order valence-corrected chi connectivity index (χ1v) is 7.57. The van der Waals surface area contributed by atoms with Crippen LogP contribution in [0.2, 0.25) is 5.15 Å². The molecule has 0 saturated carbocycles. The Bertz CT molecular complexity index is 1010. The number of ether oxygens (including phenoxy) is 2. The molecule has 0 atom stereocenters. The molecule has 0 fully saturated rings. The Labute approximate surface area is 142 Å². The zero-order chi connectivity index (χ0) is 16.7. The normalized spacial score (nSPS) is 12.3. The molecule has 4 rings (SSSR count). The van der Waals surface area contributed by atoms with E-state index in [1.165, 1.54) is 0 Å². The first kappa shape index (κ1) is 14.5. The van der Waals surface area contributed by atoms with Gasteiger partial charge in [-0.25, -0.2) is 0 Å². The molecule has 7 heteroatoms. The molecule has 1 aliphatic rings. The molecule has 6 nitrogen and oxygen atoms in total. The summed E-state index contributed by atoms with van der Waals surface area (Å²) in [6.45, 7) is 0.223. The Hall–Kier alpha value is -3.04. The number of hydrogen-bond donors (Lipinski definition) is 1. The summed E-state index contributed by atoms with van der Waals surface area (Å²) in [5.41, 5.74) is 8.53.